The Morgan fingerprint density at radius 1 is 1.14 bits per heavy atom. The van der Waals surface area contributed by atoms with Crippen molar-refractivity contribution in [2.45, 2.75) is 71.9 Å². The standard InChI is InChI=1S/C22H37N5O2/c1-4-25-12-6-7-19(25)16-23-21(28)9-8-18-10-13-26(14-11-18)22(29)20-15-17(3)24-27(20)5-2/h15,18-19H,4-14,16H2,1-3H3,(H,23,28). The fourth-order valence-electron chi connectivity index (χ4n) is 4.74. The van der Waals surface area contributed by atoms with Crippen molar-refractivity contribution in [1.29, 1.82) is 0 Å². The number of likely N-dealkylation sites (tertiary alicyclic amines) is 2. The lowest BCUT2D eigenvalue weighted by atomic mass is 9.92. The van der Waals surface area contributed by atoms with Gasteiger partial charge in [-0.3, -0.25) is 19.2 Å². The van der Waals surface area contributed by atoms with E-state index >= 15 is 0 Å². The molecule has 1 N–H and O–H groups in total. The Morgan fingerprint density at radius 2 is 1.90 bits per heavy atom. The van der Waals surface area contributed by atoms with Crippen LogP contribution in [0.4, 0.5) is 0 Å². The molecule has 0 aliphatic carbocycles. The molecule has 1 atom stereocenters. The van der Waals surface area contributed by atoms with Gasteiger partial charge in [-0.1, -0.05) is 6.92 Å². The van der Waals surface area contributed by atoms with Gasteiger partial charge in [-0.25, -0.2) is 0 Å². The van der Waals surface area contributed by atoms with E-state index in [1.165, 1.54) is 12.8 Å². The molecule has 7 nitrogen and oxygen atoms in total. The van der Waals surface area contributed by atoms with E-state index in [4.69, 9.17) is 0 Å². The van der Waals surface area contributed by atoms with Gasteiger partial charge in [0.15, 0.2) is 0 Å². The number of carbonyl (C=O) groups excluding carboxylic acids is 2. The molecule has 2 saturated heterocycles. The maximum Gasteiger partial charge on any atom is 0.272 e. The fraction of sp³-hybridized carbons (Fsp3) is 0.773. The minimum absolute atomic E-state index is 0.0840. The Kier molecular flexibility index (Phi) is 7.70. The van der Waals surface area contributed by atoms with Crippen LogP contribution in [0.25, 0.3) is 0 Å². The van der Waals surface area contributed by atoms with Crippen molar-refractivity contribution < 1.29 is 9.59 Å². The molecular formula is C22H37N5O2. The lowest BCUT2D eigenvalue weighted by Gasteiger charge is -2.32. The van der Waals surface area contributed by atoms with Crippen LogP contribution in [0, 0.1) is 12.8 Å². The van der Waals surface area contributed by atoms with E-state index in [0.29, 0.717) is 30.6 Å². The van der Waals surface area contributed by atoms with Crippen LogP contribution in [0.3, 0.4) is 0 Å². The van der Waals surface area contributed by atoms with Gasteiger partial charge in [-0.15, -0.1) is 0 Å². The van der Waals surface area contributed by atoms with Crippen molar-refractivity contribution in [3.8, 4) is 0 Å². The first-order valence-corrected chi connectivity index (χ1v) is 11.4. The van der Waals surface area contributed by atoms with E-state index in [0.717, 1.165) is 57.7 Å². The topological polar surface area (TPSA) is 70.5 Å². The molecule has 162 valence electrons. The Balaban J connectivity index is 1.37. The molecule has 0 radical (unpaired) electrons. The van der Waals surface area contributed by atoms with Crippen LogP contribution in [0.1, 0.15) is 68.6 Å². The summed E-state index contributed by atoms with van der Waals surface area (Å²) in [5, 5.41) is 7.52. The van der Waals surface area contributed by atoms with Crippen LogP contribution < -0.4 is 5.32 Å². The zero-order valence-corrected chi connectivity index (χ0v) is 18.3. The summed E-state index contributed by atoms with van der Waals surface area (Å²) < 4.78 is 1.79. The van der Waals surface area contributed by atoms with Crippen LogP contribution in [-0.4, -0.2) is 70.2 Å². The van der Waals surface area contributed by atoms with Gasteiger partial charge < -0.3 is 10.2 Å². The van der Waals surface area contributed by atoms with E-state index < -0.39 is 0 Å². The molecular weight excluding hydrogens is 366 g/mol. The molecule has 2 amide bonds. The molecule has 2 aliphatic heterocycles. The normalized spacial score (nSPS) is 20.9. The second kappa shape index (κ2) is 10.2. The molecule has 0 saturated carbocycles. The van der Waals surface area contributed by atoms with E-state index in [9.17, 15) is 9.59 Å². The average molecular weight is 404 g/mol. The summed E-state index contributed by atoms with van der Waals surface area (Å²) in [7, 11) is 0. The molecule has 1 aromatic rings. The molecule has 3 heterocycles. The van der Waals surface area contributed by atoms with Crippen molar-refractivity contribution in [3.05, 3.63) is 17.5 Å². The van der Waals surface area contributed by atoms with Crippen LogP contribution in [0.15, 0.2) is 6.07 Å². The summed E-state index contributed by atoms with van der Waals surface area (Å²) in [6, 6.07) is 2.39. The Morgan fingerprint density at radius 3 is 2.59 bits per heavy atom. The van der Waals surface area contributed by atoms with Crippen LogP contribution in [0.2, 0.25) is 0 Å². The highest BCUT2D eigenvalue weighted by Crippen LogP contribution is 2.23. The predicted octanol–water partition coefficient (Wildman–Crippen LogP) is 2.44. The third kappa shape index (κ3) is 5.59. The van der Waals surface area contributed by atoms with Crippen LogP contribution in [0.5, 0.6) is 0 Å². The van der Waals surface area contributed by atoms with Crippen LogP contribution in [-0.2, 0) is 11.3 Å². The number of likely N-dealkylation sites (N-methyl/N-ethyl adjacent to an activating group) is 1. The zero-order chi connectivity index (χ0) is 20.8. The number of nitrogens with one attached hydrogen (secondary N) is 1. The monoisotopic (exact) mass is 403 g/mol. The van der Waals surface area contributed by atoms with Crippen molar-refractivity contribution in [2.75, 3.05) is 32.7 Å². The second-order valence-corrected chi connectivity index (χ2v) is 8.49. The highest BCUT2D eigenvalue weighted by Gasteiger charge is 2.27. The lowest BCUT2D eigenvalue weighted by molar-refractivity contribution is -0.121. The third-order valence-corrected chi connectivity index (χ3v) is 6.54. The van der Waals surface area contributed by atoms with Gasteiger partial charge in [0, 0.05) is 38.6 Å². The highest BCUT2D eigenvalue weighted by molar-refractivity contribution is 5.92. The number of piperidine rings is 1. The Labute approximate surface area is 174 Å². The smallest absolute Gasteiger partial charge is 0.272 e. The molecule has 2 fully saturated rings. The first-order valence-electron chi connectivity index (χ1n) is 11.4. The summed E-state index contributed by atoms with van der Waals surface area (Å²) in [5.74, 6) is 0.788. The van der Waals surface area contributed by atoms with Gasteiger partial charge in [0.1, 0.15) is 5.69 Å². The fourth-order valence-corrected chi connectivity index (χ4v) is 4.74. The maximum atomic E-state index is 12.8. The number of aryl methyl sites for hydroxylation is 2. The van der Waals surface area contributed by atoms with Crippen molar-refractivity contribution in [3.63, 3.8) is 0 Å². The molecule has 29 heavy (non-hydrogen) atoms. The van der Waals surface area contributed by atoms with Gasteiger partial charge in [0.05, 0.1) is 5.69 Å². The van der Waals surface area contributed by atoms with Gasteiger partial charge in [-0.2, -0.15) is 5.10 Å². The molecule has 1 unspecified atom stereocenters. The third-order valence-electron chi connectivity index (χ3n) is 6.54. The first-order chi connectivity index (χ1) is 14.0. The predicted molar refractivity (Wildman–Crippen MR) is 114 cm³/mol. The van der Waals surface area contributed by atoms with Gasteiger partial charge >= 0.3 is 0 Å². The lowest BCUT2D eigenvalue weighted by Crippen LogP contribution is -2.41. The van der Waals surface area contributed by atoms with Crippen molar-refractivity contribution in [2.24, 2.45) is 5.92 Å². The Hall–Kier alpha value is -1.89. The SMILES string of the molecule is CCN1CCCC1CNC(=O)CCC1CCN(C(=O)c2cc(C)nn2CC)CC1. The second-order valence-electron chi connectivity index (χ2n) is 8.49. The van der Waals surface area contributed by atoms with E-state index in [1.54, 1.807) is 4.68 Å². The number of amides is 2. The number of hydrogen-bond donors (Lipinski definition) is 1. The summed E-state index contributed by atoms with van der Waals surface area (Å²) in [5.41, 5.74) is 1.58. The highest BCUT2D eigenvalue weighted by atomic mass is 16.2. The average Bonchev–Trinajstić information content (AvgIpc) is 3.36. The summed E-state index contributed by atoms with van der Waals surface area (Å²) in [4.78, 5) is 29.5. The molecule has 0 spiro atoms. The quantitative estimate of drug-likeness (QED) is 0.724. The summed E-state index contributed by atoms with van der Waals surface area (Å²) in [6.45, 7) is 11.4. The van der Waals surface area contributed by atoms with E-state index in [1.807, 2.05) is 24.8 Å². The maximum absolute atomic E-state index is 12.8. The van der Waals surface area contributed by atoms with E-state index in [2.05, 4.69) is 22.2 Å². The number of nitrogens with zero attached hydrogens (tertiary/aromatic N) is 4. The molecule has 7 heteroatoms. The van der Waals surface area contributed by atoms with E-state index in [-0.39, 0.29) is 11.8 Å². The molecule has 3 rings (SSSR count). The van der Waals surface area contributed by atoms with Gasteiger partial charge in [0.2, 0.25) is 5.91 Å². The number of hydrogen-bond acceptors (Lipinski definition) is 4. The Bertz CT molecular complexity index is 693. The number of aromatic nitrogens is 2. The number of rotatable bonds is 8. The summed E-state index contributed by atoms with van der Waals surface area (Å²) >= 11 is 0. The molecule has 1 aromatic heterocycles. The molecule has 0 aromatic carbocycles. The largest absolute Gasteiger partial charge is 0.355 e. The first kappa shape index (κ1) is 21.8. The minimum Gasteiger partial charge on any atom is -0.355 e. The van der Waals surface area contributed by atoms with Crippen LogP contribution >= 0.6 is 0 Å². The van der Waals surface area contributed by atoms with Crippen molar-refractivity contribution in [1.82, 2.24) is 24.9 Å². The van der Waals surface area contributed by atoms with Gasteiger partial charge in [0.25, 0.3) is 5.91 Å². The van der Waals surface area contributed by atoms with Gasteiger partial charge in [-0.05, 0) is 71.0 Å². The molecule has 2 aliphatic rings. The summed E-state index contributed by atoms with van der Waals surface area (Å²) in [6.07, 6.45) is 5.90. The minimum atomic E-state index is 0.0840. The number of carbonyl (C=O) groups is 2. The zero-order valence-electron chi connectivity index (χ0n) is 18.3. The molecule has 0 bridgehead atoms. The van der Waals surface area contributed by atoms with Crippen molar-refractivity contribution >= 4 is 11.8 Å².